The highest BCUT2D eigenvalue weighted by Crippen LogP contribution is 2.35. The van der Waals surface area contributed by atoms with Gasteiger partial charge in [0.2, 0.25) is 0 Å². The smallest absolute Gasteiger partial charge is 0.416 e. The van der Waals surface area contributed by atoms with Crippen molar-refractivity contribution in [2.75, 3.05) is 5.32 Å². The fraction of sp³-hybridized carbons (Fsp3) is 0.133. The van der Waals surface area contributed by atoms with Crippen LogP contribution in [-0.2, 0) is 12.7 Å². The maximum absolute atomic E-state index is 12.5. The molecule has 2 aromatic rings. The van der Waals surface area contributed by atoms with Gasteiger partial charge in [0.05, 0.1) is 16.3 Å². The first-order valence-electron chi connectivity index (χ1n) is 6.56. The molecule has 2 amide bonds. The second-order valence-electron chi connectivity index (χ2n) is 4.79. The summed E-state index contributed by atoms with van der Waals surface area (Å²) in [7, 11) is 0. The van der Waals surface area contributed by atoms with E-state index >= 15 is 0 Å². The van der Waals surface area contributed by atoms with Crippen molar-refractivity contribution in [1.82, 2.24) is 5.32 Å². The molecule has 0 aromatic heterocycles. The number of carbonyl (C=O) groups is 1. The van der Waals surface area contributed by atoms with E-state index in [2.05, 4.69) is 10.6 Å². The fourth-order valence-electron chi connectivity index (χ4n) is 1.82. The average Bonchev–Trinajstić information content (AvgIpc) is 2.49. The van der Waals surface area contributed by atoms with Crippen LogP contribution in [0.25, 0.3) is 0 Å². The Balaban J connectivity index is 1.96. The number of phenols is 1. The second kappa shape index (κ2) is 7.19. The van der Waals surface area contributed by atoms with Crippen molar-refractivity contribution in [2.24, 2.45) is 0 Å². The maximum Gasteiger partial charge on any atom is 0.416 e. The molecule has 2 rings (SSSR count). The van der Waals surface area contributed by atoms with E-state index in [4.69, 9.17) is 23.2 Å². The third kappa shape index (κ3) is 4.69. The number of aromatic hydroxyl groups is 1. The Bertz CT molecular complexity index is 750. The molecule has 0 saturated carbocycles. The third-order valence-electron chi connectivity index (χ3n) is 3.01. The third-order valence-corrected chi connectivity index (χ3v) is 3.52. The molecule has 0 atom stereocenters. The highest BCUT2D eigenvalue weighted by molar-refractivity contribution is 6.36. The molecule has 0 aliphatic carbocycles. The molecule has 3 N–H and O–H groups in total. The van der Waals surface area contributed by atoms with Crippen LogP contribution in [-0.4, -0.2) is 11.1 Å². The molecule has 0 unspecified atom stereocenters. The molecule has 0 aliphatic rings. The van der Waals surface area contributed by atoms with Gasteiger partial charge in [0, 0.05) is 11.6 Å². The largest absolute Gasteiger partial charge is 0.504 e. The van der Waals surface area contributed by atoms with E-state index in [1.165, 1.54) is 24.3 Å². The van der Waals surface area contributed by atoms with Gasteiger partial charge in [-0.25, -0.2) is 4.79 Å². The number of amides is 2. The second-order valence-corrected chi connectivity index (χ2v) is 5.63. The number of halogens is 5. The number of benzene rings is 2. The standard InChI is InChI=1S/C15H11Cl2F3N2O2/c16-10-5-11(17)13(23)12(6-10)22-14(24)21-7-8-1-3-9(4-2-8)15(18,19)20/h1-6,23H,7H2,(H2,21,22,24). The summed E-state index contributed by atoms with van der Waals surface area (Å²) in [6, 6.07) is 6.32. The summed E-state index contributed by atoms with van der Waals surface area (Å²) in [6.45, 7) is -0.000962. The number of alkyl halides is 3. The summed E-state index contributed by atoms with van der Waals surface area (Å²) in [5.74, 6) is -0.342. The van der Waals surface area contributed by atoms with Crippen LogP contribution in [0.15, 0.2) is 36.4 Å². The first-order valence-corrected chi connectivity index (χ1v) is 7.31. The van der Waals surface area contributed by atoms with Crippen molar-refractivity contribution in [2.45, 2.75) is 12.7 Å². The summed E-state index contributed by atoms with van der Waals surface area (Å²) in [6.07, 6.45) is -4.41. The predicted molar refractivity (Wildman–Crippen MR) is 85.4 cm³/mol. The van der Waals surface area contributed by atoms with Gasteiger partial charge in [-0.05, 0) is 29.8 Å². The van der Waals surface area contributed by atoms with Crippen LogP contribution in [0.3, 0.4) is 0 Å². The predicted octanol–water partition coefficient (Wildman–Crippen LogP) is 5.04. The summed E-state index contributed by atoms with van der Waals surface area (Å²) < 4.78 is 37.4. The molecule has 0 heterocycles. The Morgan fingerprint density at radius 1 is 1.12 bits per heavy atom. The van der Waals surface area contributed by atoms with Gasteiger partial charge in [0.25, 0.3) is 0 Å². The van der Waals surface area contributed by atoms with Crippen LogP contribution >= 0.6 is 23.2 Å². The van der Waals surface area contributed by atoms with Crippen molar-refractivity contribution in [3.8, 4) is 5.75 Å². The molecule has 0 radical (unpaired) electrons. The van der Waals surface area contributed by atoms with Crippen LogP contribution < -0.4 is 10.6 Å². The van der Waals surface area contributed by atoms with E-state index in [9.17, 15) is 23.1 Å². The van der Waals surface area contributed by atoms with Gasteiger partial charge in [-0.2, -0.15) is 13.2 Å². The first kappa shape index (κ1) is 18.2. The number of anilines is 1. The first-order chi connectivity index (χ1) is 11.2. The van der Waals surface area contributed by atoms with Gasteiger partial charge in [-0.1, -0.05) is 35.3 Å². The molecule has 4 nitrogen and oxygen atoms in total. The number of rotatable bonds is 3. The van der Waals surface area contributed by atoms with Crippen molar-refractivity contribution in [1.29, 1.82) is 0 Å². The molecular weight excluding hydrogens is 368 g/mol. The Morgan fingerprint density at radius 2 is 1.75 bits per heavy atom. The highest BCUT2D eigenvalue weighted by atomic mass is 35.5. The summed E-state index contributed by atoms with van der Waals surface area (Å²) in [5, 5.41) is 14.7. The zero-order valence-electron chi connectivity index (χ0n) is 11.9. The summed E-state index contributed by atoms with van der Waals surface area (Å²) >= 11 is 11.5. The lowest BCUT2D eigenvalue weighted by atomic mass is 10.1. The lowest BCUT2D eigenvalue weighted by Crippen LogP contribution is -2.28. The number of hydrogen-bond donors (Lipinski definition) is 3. The minimum atomic E-state index is -4.41. The molecule has 2 aromatic carbocycles. The SMILES string of the molecule is O=C(NCc1ccc(C(F)(F)F)cc1)Nc1cc(Cl)cc(Cl)c1O. The quantitative estimate of drug-likeness (QED) is 0.655. The van der Waals surface area contributed by atoms with Gasteiger partial charge >= 0.3 is 12.2 Å². The normalized spacial score (nSPS) is 11.2. The minimum Gasteiger partial charge on any atom is -0.504 e. The number of urea groups is 1. The molecule has 128 valence electrons. The molecule has 0 aliphatic heterocycles. The molecule has 0 bridgehead atoms. The van der Waals surface area contributed by atoms with Crippen molar-refractivity contribution in [3.05, 3.63) is 57.6 Å². The lowest BCUT2D eigenvalue weighted by molar-refractivity contribution is -0.137. The fourth-order valence-corrected chi connectivity index (χ4v) is 2.32. The van der Waals surface area contributed by atoms with Crippen molar-refractivity contribution in [3.63, 3.8) is 0 Å². The summed E-state index contributed by atoms with van der Waals surface area (Å²) in [4.78, 5) is 11.8. The van der Waals surface area contributed by atoms with Crippen molar-refractivity contribution >= 4 is 34.9 Å². The average molecular weight is 379 g/mol. The Kier molecular flexibility index (Phi) is 5.46. The zero-order valence-corrected chi connectivity index (χ0v) is 13.4. The Hall–Kier alpha value is -2.12. The van der Waals surface area contributed by atoms with E-state index in [1.807, 2.05) is 0 Å². The number of carbonyl (C=O) groups excluding carboxylic acids is 1. The van der Waals surface area contributed by atoms with Crippen LogP contribution in [0, 0.1) is 0 Å². The van der Waals surface area contributed by atoms with Gasteiger partial charge in [0.1, 0.15) is 0 Å². The van der Waals surface area contributed by atoms with Gasteiger partial charge in [-0.3, -0.25) is 0 Å². The number of nitrogens with one attached hydrogen (secondary N) is 2. The lowest BCUT2D eigenvalue weighted by Gasteiger charge is -2.11. The van der Waals surface area contributed by atoms with Crippen LogP contribution in [0.1, 0.15) is 11.1 Å². The monoisotopic (exact) mass is 378 g/mol. The van der Waals surface area contributed by atoms with E-state index in [0.29, 0.717) is 5.56 Å². The molecule has 0 saturated heterocycles. The number of phenolic OH excluding ortho intramolecular Hbond substituents is 1. The van der Waals surface area contributed by atoms with E-state index in [-0.39, 0.29) is 28.0 Å². The highest BCUT2D eigenvalue weighted by Gasteiger charge is 2.29. The topological polar surface area (TPSA) is 61.4 Å². The van der Waals surface area contributed by atoms with E-state index < -0.39 is 17.8 Å². The van der Waals surface area contributed by atoms with Crippen LogP contribution in [0.5, 0.6) is 5.75 Å². The molecule has 0 fully saturated rings. The molecule has 24 heavy (non-hydrogen) atoms. The van der Waals surface area contributed by atoms with Gasteiger partial charge in [-0.15, -0.1) is 0 Å². The Morgan fingerprint density at radius 3 is 2.33 bits per heavy atom. The maximum atomic E-state index is 12.5. The van der Waals surface area contributed by atoms with Gasteiger partial charge < -0.3 is 15.7 Å². The Labute approximate surface area is 145 Å². The molecule has 0 spiro atoms. The van der Waals surface area contributed by atoms with Crippen LogP contribution in [0.4, 0.5) is 23.7 Å². The molecule has 9 heteroatoms. The summed E-state index contributed by atoms with van der Waals surface area (Å²) in [5.41, 5.74) is -0.280. The minimum absolute atomic E-state index is 0.000962. The van der Waals surface area contributed by atoms with Crippen molar-refractivity contribution < 1.29 is 23.1 Å². The van der Waals surface area contributed by atoms with E-state index in [0.717, 1.165) is 12.1 Å². The molecular formula is C15H11Cl2F3N2O2. The van der Waals surface area contributed by atoms with Gasteiger partial charge in [0.15, 0.2) is 5.75 Å². The number of hydrogen-bond acceptors (Lipinski definition) is 2. The van der Waals surface area contributed by atoms with Crippen LogP contribution in [0.2, 0.25) is 10.0 Å². The van der Waals surface area contributed by atoms with E-state index in [1.54, 1.807) is 0 Å². The zero-order chi connectivity index (χ0) is 17.9.